The summed E-state index contributed by atoms with van der Waals surface area (Å²) < 4.78 is 5.90. The molecule has 1 aliphatic carbocycles. The van der Waals surface area contributed by atoms with Crippen LogP contribution in [0.2, 0.25) is 0 Å². The van der Waals surface area contributed by atoms with Gasteiger partial charge in [-0.15, -0.1) is 0 Å². The summed E-state index contributed by atoms with van der Waals surface area (Å²) in [6, 6.07) is -0.683. The van der Waals surface area contributed by atoms with Crippen LogP contribution >= 0.6 is 0 Å². The maximum atomic E-state index is 12.8. The van der Waals surface area contributed by atoms with Gasteiger partial charge in [0, 0.05) is 6.54 Å². The molecule has 4 fully saturated rings. The molecule has 0 bridgehead atoms. The molecule has 3 saturated heterocycles. The summed E-state index contributed by atoms with van der Waals surface area (Å²) in [5.74, 6) is -0.169. The number of carbonyl (C=O) groups excluding carboxylic acids is 1. The fourth-order valence-electron chi connectivity index (χ4n) is 5.15. The highest BCUT2D eigenvalue weighted by Gasteiger charge is 2.55. The van der Waals surface area contributed by atoms with Gasteiger partial charge >= 0.3 is 6.09 Å². The SMILES string of the molecule is C[C@H]1C(=O)N2[C@@H](CCCN3CCC4(CC4)[C@H](O)C3)CO[C@@]2(C)CN1C(=O)O. The Morgan fingerprint density at radius 3 is 2.70 bits per heavy atom. The Hall–Kier alpha value is -1.38. The molecule has 152 valence electrons. The van der Waals surface area contributed by atoms with E-state index in [2.05, 4.69) is 4.90 Å². The average molecular weight is 381 g/mol. The van der Waals surface area contributed by atoms with Crippen molar-refractivity contribution in [2.75, 3.05) is 32.8 Å². The number of ether oxygens (including phenoxy) is 1. The molecule has 3 aliphatic heterocycles. The molecule has 8 heteroatoms. The Morgan fingerprint density at radius 2 is 2.07 bits per heavy atom. The second-order valence-corrected chi connectivity index (χ2v) is 9.01. The predicted molar refractivity (Wildman–Crippen MR) is 97.1 cm³/mol. The molecule has 0 aromatic carbocycles. The third-order valence-corrected chi connectivity index (χ3v) is 7.20. The van der Waals surface area contributed by atoms with Gasteiger partial charge in [-0.3, -0.25) is 9.69 Å². The number of β-amino-alcohol motifs (C(OH)–C–C–N with tert-alkyl or cyclic N) is 1. The van der Waals surface area contributed by atoms with Crippen molar-refractivity contribution in [2.24, 2.45) is 5.41 Å². The van der Waals surface area contributed by atoms with Crippen molar-refractivity contribution in [3.05, 3.63) is 0 Å². The van der Waals surface area contributed by atoms with Crippen molar-refractivity contribution in [3.63, 3.8) is 0 Å². The molecule has 4 aliphatic rings. The molecular formula is C19H31N3O5. The molecule has 1 spiro atoms. The second-order valence-electron chi connectivity index (χ2n) is 9.01. The first-order valence-electron chi connectivity index (χ1n) is 10.1. The summed E-state index contributed by atoms with van der Waals surface area (Å²) >= 11 is 0. The summed E-state index contributed by atoms with van der Waals surface area (Å²) in [4.78, 5) is 29.5. The molecule has 1 saturated carbocycles. The Labute approximate surface area is 160 Å². The number of piperidine rings is 1. The van der Waals surface area contributed by atoms with Gasteiger partial charge in [0.2, 0.25) is 5.91 Å². The van der Waals surface area contributed by atoms with Crippen molar-refractivity contribution in [3.8, 4) is 0 Å². The maximum Gasteiger partial charge on any atom is 0.408 e. The van der Waals surface area contributed by atoms with Gasteiger partial charge in [-0.1, -0.05) is 0 Å². The van der Waals surface area contributed by atoms with E-state index in [9.17, 15) is 19.8 Å². The lowest BCUT2D eigenvalue weighted by Gasteiger charge is -2.47. The van der Waals surface area contributed by atoms with Crippen LogP contribution in [0.1, 0.15) is 46.0 Å². The molecule has 2 amide bonds. The zero-order valence-corrected chi connectivity index (χ0v) is 16.3. The minimum absolute atomic E-state index is 0.00890. The van der Waals surface area contributed by atoms with E-state index in [1.807, 2.05) is 6.92 Å². The van der Waals surface area contributed by atoms with Gasteiger partial charge in [-0.2, -0.15) is 0 Å². The van der Waals surface area contributed by atoms with Crippen LogP contribution in [-0.2, 0) is 9.53 Å². The number of piperazine rings is 1. The van der Waals surface area contributed by atoms with Crippen LogP contribution in [0.4, 0.5) is 4.79 Å². The summed E-state index contributed by atoms with van der Waals surface area (Å²) in [5.41, 5.74) is -0.643. The number of likely N-dealkylation sites (tertiary alicyclic amines) is 1. The van der Waals surface area contributed by atoms with E-state index in [4.69, 9.17) is 4.74 Å². The monoisotopic (exact) mass is 381 g/mol. The lowest BCUT2D eigenvalue weighted by molar-refractivity contribution is -0.169. The number of rotatable bonds is 4. The van der Waals surface area contributed by atoms with Crippen LogP contribution < -0.4 is 0 Å². The van der Waals surface area contributed by atoms with Gasteiger partial charge in [-0.05, 0) is 64.5 Å². The molecule has 0 unspecified atom stereocenters. The largest absolute Gasteiger partial charge is 0.465 e. The van der Waals surface area contributed by atoms with Crippen molar-refractivity contribution in [1.82, 2.24) is 14.7 Å². The van der Waals surface area contributed by atoms with Gasteiger partial charge in [-0.25, -0.2) is 4.79 Å². The number of carboxylic acid groups (broad SMARTS) is 1. The standard InChI is InChI=1S/C19H31N3O5/c1-13-16(24)22-14(11-27-18(22,2)12-21(13)17(25)26)4-3-8-20-9-7-19(5-6-19)15(23)10-20/h13-15,23H,3-12H2,1-2H3,(H,25,26)/t13-,14-,15+,18-/m0/s1. The van der Waals surface area contributed by atoms with E-state index in [1.54, 1.807) is 11.8 Å². The van der Waals surface area contributed by atoms with Crippen LogP contribution in [0.25, 0.3) is 0 Å². The molecule has 2 N–H and O–H groups in total. The van der Waals surface area contributed by atoms with Gasteiger partial charge < -0.3 is 24.7 Å². The highest BCUT2D eigenvalue weighted by atomic mass is 16.5. The van der Waals surface area contributed by atoms with Crippen LogP contribution in [0.3, 0.4) is 0 Å². The first-order valence-corrected chi connectivity index (χ1v) is 10.1. The van der Waals surface area contributed by atoms with Crippen molar-refractivity contribution in [1.29, 1.82) is 0 Å². The molecule has 27 heavy (non-hydrogen) atoms. The minimum atomic E-state index is -1.08. The zero-order valence-electron chi connectivity index (χ0n) is 16.3. The summed E-state index contributed by atoms with van der Waals surface area (Å²) in [6.07, 6.45) is 3.91. The van der Waals surface area contributed by atoms with Crippen molar-refractivity contribution < 1.29 is 24.5 Å². The van der Waals surface area contributed by atoms with E-state index in [1.165, 1.54) is 17.7 Å². The number of aliphatic hydroxyl groups is 1. The Kier molecular flexibility index (Phi) is 4.63. The number of hydrogen-bond acceptors (Lipinski definition) is 5. The average Bonchev–Trinajstić information content (AvgIpc) is 3.32. The first-order chi connectivity index (χ1) is 12.8. The molecule has 0 radical (unpaired) electrons. The number of nitrogens with zero attached hydrogens (tertiary/aromatic N) is 3. The normalized spacial score (nSPS) is 38.3. The third-order valence-electron chi connectivity index (χ3n) is 7.20. The van der Waals surface area contributed by atoms with E-state index in [-0.39, 0.29) is 30.0 Å². The first kappa shape index (κ1) is 19.0. The molecule has 4 rings (SSSR count). The van der Waals surface area contributed by atoms with Crippen LogP contribution in [0.15, 0.2) is 0 Å². The highest BCUT2D eigenvalue weighted by molar-refractivity contribution is 5.87. The van der Waals surface area contributed by atoms with Crippen molar-refractivity contribution >= 4 is 12.0 Å². The topological polar surface area (TPSA) is 93.6 Å². The van der Waals surface area contributed by atoms with E-state index in [0.717, 1.165) is 38.9 Å². The number of aliphatic hydroxyl groups excluding tert-OH is 1. The Morgan fingerprint density at radius 1 is 1.33 bits per heavy atom. The van der Waals surface area contributed by atoms with Crippen LogP contribution in [0.5, 0.6) is 0 Å². The Balaban J connectivity index is 1.31. The fraction of sp³-hybridized carbons (Fsp3) is 0.895. The number of amides is 2. The fourth-order valence-corrected chi connectivity index (χ4v) is 5.15. The van der Waals surface area contributed by atoms with E-state index >= 15 is 0 Å². The smallest absolute Gasteiger partial charge is 0.408 e. The maximum absolute atomic E-state index is 12.8. The molecule has 0 aromatic heterocycles. The van der Waals surface area contributed by atoms with Gasteiger partial charge in [0.05, 0.1) is 25.3 Å². The minimum Gasteiger partial charge on any atom is -0.465 e. The van der Waals surface area contributed by atoms with Crippen LogP contribution in [-0.4, -0.2) is 93.6 Å². The van der Waals surface area contributed by atoms with Crippen LogP contribution in [0, 0.1) is 5.41 Å². The van der Waals surface area contributed by atoms with Gasteiger partial charge in [0.25, 0.3) is 0 Å². The Bertz CT molecular complexity index is 624. The quantitative estimate of drug-likeness (QED) is 0.753. The molecule has 3 heterocycles. The lowest BCUT2D eigenvalue weighted by Crippen LogP contribution is -2.67. The second kappa shape index (κ2) is 6.60. The zero-order chi connectivity index (χ0) is 19.4. The highest BCUT2D eigenvalue weighted by Crippen LogP contribution is 2.53. The predicted octanol–water partition coefficient (Wildman–Crippen LogP) is 0.939. The molecule has 4 atom stereocenters. The number of hydrogen-bond donors (Lipinski definition) is 2. The molecule has 0 aromatic rings. The summed E-state index contributed by atoms with van der Waals surface area (Å²) in [5, 5.41) is 19.7. The third kappa shape index (κ3) is 3.21. The molecule has 8 nitrogen and oxygen atoms in total. The lowest BCUT2D eigenvalue weighted by atomic mass is 9.90. The number of fused-ring (bicyclic) bond motifs is 1. The number of carbonyl (C=O) groups is 2. The summed E-state index contributed by atoms with van der Waals surface area (Å²) in [6.45, 7) is 6.81. The van der Waals surface area contributed by atoms with Gasteiger partial charge in [0.15, 0.2) is 5.72 Å². The van der Waals surface area contributed by atoms with Gasteiger partial charge in [0.1, 0.15) is 6.04 Å². The molecular weight excluding hydrogens is 350 g/mol. The van der Waals surface area contributed by atoms with E-state index < -0.39 is 17.9 Å². The summed E-state index contributed by atoms with van der Waals surface area (Å²) in [7, 11) is 0. The van der Waals surface area contributed by atoms with E-state index in [0.29, 0.717) is 6.61 Å². The van der Waals surface area contributed by atoms with Crippen molar-refractivity contribution in [2.45, 2.75) is 69.9 Å².